The predicted molar refractivity (Wildman–Crippen MR) is 55.9 cm³/mol. The normalized spacial score (nSPS) is 19.6. The van der Waals surface area contributed by atoms with Crippen molar-refractivity contribution in [2.45, 2.75) is 32.7 Å². The molecule has 1 atom stereocenters. The summed E-state index contributed by atoms with van der Waals surface area (Å²) in [6.45, 7) is 5.17. The van der Waals surface area contributed by atoms with E-state index in [0.717, 1.165) is 12.8 Å². The van der Waals surface area contributed by atoms with Crippen LogP contribution in [0.5, 0.6) is 0 Å². The second kappa shape index (κ2) is 5.72. The summed E-state index contributed by atoms with van der Waals surface area (Å²) < 4.78 is 5.20. The molecule has 4 heteroatoms. The van der Waals surface area contributed by atoms with Crippen LogP contribution < -0.4 is 5.32 Å². The van der Waals surface area contributed by atoms with Crippen LogP contribution in [-0.2, 0) is 9.53 Å². The molecule has 0 aromatic carbocycles. The minimum atomic E-state index is -0.534. The van der Waals surface area contributed by atoms with E-state index in [0.29, 0.717) is 13.2 Å². The minimum absolute atomic E-state index is 0.0647. The van der Waals surface area contributed by atoms with Crippen molar-refractivity contribution in [3.63, 3.8) is 0 Å². The summed E-state index contributed by atoms with van der Waals surface area (Å²) in [6.07, 6.45) is 1.70. The monoisotopic (exact) mass is 210 g/mol. The summed E-state index contributed by atoms with van der Waals surface area (Å²) in [5.74, 6) is -0.609. The maximum atomic E-state index is 11.7. The lowest BCUT2D eigenvalue weighted by Gasteiger charge is -2.24. The molecule has 0 bridgehead atoms. The molecule has 84 valence electrons. The number of hydrogen-bond donors (Lipinski definition) is 1. The molecule has 15 heavy (non-hydrogen) atoms. The van der Waals surface area contributed by atoms with Gasteiger partial charge in [0, 0.05) is 19.3 Å². The molecule has 1 fully saturated rings. The van der Waals surface area contributed by atoms with Crippen molar-refractivity contribution in [2.75, 3.05) is 13.2 Å². The van der Waals surface area contributed by atoms with Gasteiger partial charge in [0.1, 0.15) is 5.92 Å². The molecule has 0 spiro atoms. The molecule has 0 saturated carbocycles. The fraction of sp³-hybridized carbons (Fsp3) is 0.818. The lowest BCUT2D eigenvalue weighted by molar-refractivity contribution is -0.125. The van der Waals surface area contributed by atoms with Crippen LogP contribution in [0.3, 0.4) is 0 Å². The van der Waals surface area contributed by atoms with Crippen LogP contribution in [0.25, 0.3) is 0 Å². The number of nitriles is 1. The van der Waals surface area contributed by atoms with Crippen molar-refractivity contribution < 1.29 is 9.53 Å². The third kappa shape index (κ3) is 3.52. The zero-order chi connectivity index (χ0) is 11.3. The standard InChI is InChI=1S/C11H18N2O2/c1-8(2)10(7-12)11(14)13-9-3-5-15-6-4-9/h8-10H,3-6H2,1-2H3,(H,13,14). The molecule has 4 nitrogen and oxygen atoms in total. The van der Waals surface area contributed by atoms with Crippen LogP contribution in [-0.4, -0.2) is 25.2 Å². The summed E-state index contributed by atoms with van der Waals surface area (Å²) in [7, 11) is 0. The van der Waals surface area contributed by atoms with Gasteiger partial charge in [0.05, 0.1) is 6.07 Å². The van der Waals surface area contributed by atoms with Crippen molar-refractivity contribution in [3.8, 4) is 6.07 Å². The average Bonchev–Trinajstić information content (AvgIpc) is 2.19. The van der Waals surface area contributed by atoms with Crippen LogP contribution in [0.4, 0.5) is 0 Å². The molecular weight excluding hydrogens is 192 g/mol. The molecule has 1 saturated heterocycles. The largest absolute Gasteiger partial charge is 0.381 e. The van der Waals surface area contributed by atoms with Gasteiger partial charge in [-0.25, -0.2) is 0 Å². The van der Waals surface area contributed by atoms with Gasteiger partial charge in [0.25, 0.3) is 0 Å². The number of nitrogens with one attached hydrogen (secondary N) is 1. The molecule has 0 aromatic heterocycles. The molecule has 1 amide bonds. The molecule has 1 N–H and O–H groups in total. The molecular formula is C11H18N2O2. The highest BCUT2D eigenvalue weighted by molar-refractivity contribution is 5.81. The highest BCUT2D eigenvalue weighted by Crippen LogP contribution is 2.12. The quantitative estimate of drug-likeness (QED) is 0.758. The Hall–Kier alpha value is -1.08. The Labute approximate surface area is 90.6 Å². The fourth-order valence-corrected chi connectivity index (χ4v) is 1.64. The first-order valence-corrected chi connectivity index (χ1v) is 5.43. The first-order valence-electron chi connectivity index (χ1n) is 5.43. The number of carbonyl (C=O) groups is 1. The van der Waals surface area contributed by atoms with E-state index in [1.54, 1.807) is 0 Å². The summed E-state index contributed by atoms with van der Waals surface area (Å²) in [5.41, 5.74) is 0. The average molecular weight is 210 g/mol. The molecule has 1 heterocycles. The van der Waals surface area contributed by atoms with Crippen molar-refractivity contribution in [1.82, 2.24) is 5.32 Å². The maximum absolute atomic E-state index is 11.7. The number of amides is 1. The molecule has 0 radical (unpaired) electrons. The van der Waals surface area contributed by atoms with Crippen LogP contribution >= 0.6 is 0 Å². The van der Waals surface area contributed by atoms with Crippen LogP contribution in [0, 0.1) is 23.2 Å². The Morgan fingerprint density at radius 2 is 2.07 bits per heavy atom. The lowest BCUT2D eigenvalue weighted by atomic mass is 9.96. The van der Waals surface area contributed by atoms with E-state index in [2.05, 4.69) is 5.32 Å². The SMILES string of the molecule is CC(C)C(C#N)C(=O)NC1CCOCC1. The number of rotatable bonds is 3. The van der Waals surface area contributed by atoms with E-state index < -0.39 is 5.92 Å². The minimum Gasteiger partial charge on any atom is -0.381 e. The zero-order valence-corrected chi connectivity index (χ0v) is 9.32. The summed E-state index contributed by atoms with van der Waals surface area (Å²) in [6, 6.07) is 2.23. The van der Waals surface area contributed by atoms with Gasteiger partial charge in [0.2, 0.25) is 5.91 Å². The van der Waals surface area contributed by atoms with E-state index in [9.17, 15) is 4.79 Å². The first-order chi connectivity index (χ1) is 7.15. The van der Waals surface area contributed by atoms with Gasteiger partial charge in [-0.3, -0.25) is 4.79 Å². The zero-order valence-electron chi connectivity index (χ0n) is 9.32. The van der Waals surface area contributed by atoms with Crippen molar-refractivity contribution in [1.29, 1.82) is 5.26 Å². The Morgan fingerprint density at radius 1 is 1.47 bits per heavy atom. The Bertz CT molecular complexity index is 252. The number of ether oxygens (including phenoxy) is 1. The third-order valence-electron chi connectivity index (χ3n) is 2.66. The molecule has 1 rings (SSSR count). The number of nitrogens with zero attached hydrogens (tertiary/aromatic N) is 1. The van der Waals surface area contributed by atoms with Gasteiger partial charge in [-0.2, -0.15) is 5.26 Å². The van der Waals surface area contributed by atoms with Crippen LogP contribution in [0.2, 0.25) is 0 Å². The Morgan fingerprint density at radius 3 is 2.53 bits per heavy atom. The second-order valence-corrected chi connectivity index (χ2v) is 4.25. The molecule has 1 aliphatic rings. The van der Waals surface area contributed by atoms with E-state index in [-0.39, 0.29) is 17.9 Å². The third-order valence-corrected chi connectivity index (χ3v) is 2.66. The smallest absolute Gasteiger partial charge is 0.237 e. The van der Waals surface area contributed by atoms with Gasteiger partial charge in [-0.1, -0.05) is 13.8 Å². The van der Waals surface area contributed by atoms with Gasteiger partial charge in [-0.15, -0.1) is 0 Å². The highest BCUT2D eigenvalue weighted by atomic mass is 16.5. The van der Waals surface area contributed by atoms with Crippen molar-refractivity contribution in [3.05, 3.63) is 0 Å². The predicted octanol–water partition coefficient (Wildman–Crippen LogP) is 1.08. The van der Waals surface area contributed by atoms with Gasteiger partial charge in [-0.05, 0) is 18.8 Å². The number of carbonyl (C=O) groups excluding carboxylic acids is 1. The van der Waals surface area contributed by atoms with Crippen molar-refractivity contribution in [2.24, 2.45) is 11.8 Å². The lowest BCUT2D eigenvalue weighted by Crippen LogP contribution is -2.42. The summed E-state index contributed by atoms with van der Waals surface area (Å²) in [5, 5.41) is 11.8. The van der Waals surface area contributed by atoms with Gasteiger partial charge < -0.3 is 10.1 Å². The number of hydrogen-bond acceptors (Lipinski definition) is 3. The topological polar surface area (TPSA) is 62.1 Å². The van der Waals surface area contributed by atoms with Gasteiger partial charge in [0.15, 0.2) is 0 Å². The van der Waals surface area contributed by atoms with E-state index in [1.165, 1.54) is 0 Å². The fourth-order valence-electron chi connectivity index (χ4n) is 1.64. The van der Waals surface area contributed by atoms with Crippen LogP contribution in [0.15, 0.2) is 0 Å². The Kier molecular flexibility index (Phi) is 4.57. The molecule has 0 aromatic rings. The second-order valence-electron chi connectivity index (χ2n) is 4.25. The molecule has 1 unspecified atom stereocenters. The molecule has 1 aliphatic heterocycles. The summed E-state index contributed by atoms with van der Waals surface area (Å²) in [4.78, 5) is 11.7. The maximum Gasteiger partial charge on any atom is 0.237 e. The highest BCUT2D eigenvalue weighted by Gasteiger charge is 2.24. The molecule has 0 aliphatic carbocycles. The Balaban J connectivity index is 2.43. The summed E-state index contributed by atoms with van der Waals surface area (Å²) >= 11 is 0. The van der Waals surface area contributed by atoms with Crippen molar-refractivity contribution >= 4 is 5.91 Å². The van der Waals surface area contributed by atoms with E-state index >= 15 is 0 Å². The van der Waals surface area contributed by atoms with E-state index in [1.807, 2.05) is 19.9 Å². The van der Waals surface area contributed by atoms with Gasteiger partial charge >= 0.3 is 0 Å². The first kappa shape index (κ1) is 12.0. The van der Waals surface area contributed by atoms with E-state index in [4.69, 9.17) is 10.00 Å². The van der Waals surface area contributed by atoms with Crippen LogP contribution in [0.1, 0.15) is 26.7 Å².